The summed E-state index contributed by atoms with van der Waals surface area (Å²) >= 11 is 1.41. The van der Waals surface area contributed by atoms with Crippen LogP contribution in [0.3, 0.4) is 0 Å². The molecule has 0 unspecified atom stereocenters. The first-order chi connectivity index (χ1) is 4.29. The van der Waals surface area contributed by atoms with Crippen molar-refractivity contribution < 1.29 is 62.3 Å². The first kappa shape index (κ1) is 10.8. The van der Waals surface area contributed by atoms with Crippen LogP contribution in [0.15, 0.2) is 17.5 Å². The van der Waals surface area contributed by atoms with Crippen molar-refractivity contribution in [2.24, 2.45) is 0 Å². The molecule has 0 saturated heterocycles. The molecule has 0 atom stereocenters. The molecule has 0 fully saturated rings. The zero-order valence-electron chi connectivity index (χ0n) is 6.96. The van der Waals surface area contributed by atoms with E-state index in [1.807, 2.05) is 11.4 Å². The molecule has 1 aromatic rings. The van der Waals surface area contributed by atoms with E-state index in [1.165, 1.54) is 18.3 Å². The first-order valence-electron chi connectivity index (χ1n) is 2.51. The topological polar surface area (TPSA) is 26.3 Å². The zero-order valence-corrected chi connectivity index (χ0v) is 9.90. The Morgan fingerprint density at radius 3 is 2.90 bits per heavy atom. The maximum absolute atomic E-state index is 10.3. The van der Waals surface area contributed by atoms with Gasteiger partial charge in [0.1, 0.15) is 0 Å². The molecule has 0 aliphatic carbocycles. The maximum atomic E-state index is 10.3. The number of carbonyl (C=O) groups is 1. The van der Waals surface area contributed by atoms with Gasteiger partial charge in [0.05, 0.1) is 0 Å². The van der Waals surface area contributed by atoms with Crippen molar-refractivity contribution in [3.05, 3.63) is 17.5 Å². The van der Waals surface area contributed by atoms with E-state index in [9.17, 15) is 4.79 Å². The van der Waals surface area contributed by atoms with Gasteiger partial charge in [0.2, 0.25) is 0 Å². The minimum absolute atomic E-state index is 0. The van der Waals surface area contributed by atoms with Crippen LogP contribution in [-0.2, 0) is 4.79 Å². The number of hydrogen-bond donors (Lipinski definition) is 0. The molecule has 0 saturated carbocycles. The van der Waals surface area contributed by atoms with E-state index >= 15 is 0 Å². The molecule has 1 heterocycles. The van der Waals surface area contributed by atoms with Crippen molar-refractivity contribution in [1.82, 2.24) is 0 Å². The molecule has 0 aromatic carbocycles. The standard InChI is InChI=1S/C6H6O2S.K.H/c1-5(7)8-6-3-2-4-9-6;;/h2-4H,1H3;;/q;+1;-1. The molecule has 0 aliphatic heterocycles. The Morgan fingerprint density at radius 1 is 1.80 bits per heavy atom. The van der Waals surface area contributed by atoms with E-state index in [2.05, 4.69) is 0 Å². The summed E-state index contributed by atoms with van der Waals surface area (Å²) in [6.45, 7) is 1.39. The molecule has 0 amide bonds. The number of esters is 1. The fourth-order valence-electron chi connectivity index (χ4n) is 0.463. The SMILES string of the molecule is CC(=O)Oc1cccs1.[H-].[K+]. The van der Waals surface area contributed by atoms with Crippen molar-refractivity contribution in [3.8, 4) is 5.06 Å². The van der Waals surface area contributed by atoms with E-state index in [0.717, 1.165) is 0 Å². The third-order valence-electron chi connectivity index (χ3n) is 0.739. The summed E-state index contributed by atoms with van der Waals surface area (Å²) in [6, 6.07) is 3.59. The molecule has 0 bridgehead atoms. The molecule has 0 radical (unpaired) electrons. The molecule has 10 heavy (non-hydrogen) atoms. The predicted octanol–water partition coefficient (Wildman–Crippen LogP) is -1.21. The molecule has 0 N–H and O–H groups in total. The Morgan fingerprint density at radius 2 is 2.50 bits per heavy atom. The Hall–Kier alpha value is 0.806. The molecule has 50 valence electrons. The molecule has 1 aromatic heterocycles. The fraction of sp³-hybridized carbons (Fsp3) is 0.167. The van der Waals surface area contributed by atoms with Gasteiger partial charge in [-0.3, -0.25) is 4.79 Å². The van der Waals surface area contributed by atoms with Crippen LogP contribution >= 0.6 is 11.3 Å². The predicted molar refractivity (Wildman–Crippen MR) is 36.7 cm³/mol. The van der Waals surface area contributed by atoms with Gasteiger partial charge in [0, 0.05) is 6.92 Å². The molecular formula is C6H7KO2S. The molecule has 0 spiro atoms. The fourth-order valence-corrected chi connectivity index (χ4v) is 1.08. The minimum Gasteiger partial charge on any atom is -1.00 e. The Bertz CT molecular complexity index is 200. The van der Waals surface area contributed by atoms with Crippen LogP contribution in [0.25, 0.3) is 0 Å². The van der Waals surface area contributed by atoms with Gasteiger partial charge in [-0.1, -0.05) is 0 Å². The average Bonchev–Trinajstić information content (AvgIpc) is 2.15. The van der Waals surface area contributed by atoms with E-state index in [-0.39, 0.29) is 58.8 Å². The minimum atomic E-state index is -0.266. The van der Waals surface area contributed by atoms with Gasteiger partial charge in [0.25, 0.3) is 0 Å². The van der Waals surface area contributed by atoms with Crippen LogP contribution in [0.5, 0.6) is 5.06 Å². The van der Waals surface area contributed by atoms with Gasteiger partial charge in [-0.15, -0.1) is 11.3 Å². The largest absolute Gasteiger partial charge is 1.00 e. The molecule has 4 heteroatoms. The Balaban J connectivity index is 0. The van der Waals surface area contributed by atoms with Gasteiger partial charge >= 0.3 is 57.4 Å². The van der Waals surface area contributed by atoms with E-state index in [0.29, 0.717) is 5.06 Å². The van der Waals surface area contributed by atoms with Crippen molar-refractivity contribution >= 4 is 17.3 Å². The number of carbonyl (C=O) groups excluding carboxylic acids is 1. The van der Waals surface area contributed by atoms with Crippen molar-refractivity contribution in [2.45, 2.75) is 6.92 Å². The monoisotopic (exact) mass is 182 g/mol. The van der Waals surface area contributed by atoms with Gasteiger partial charge in [-0.2, -0.15) is 0 Å². The number of thiophene rings is 1. The summed E-state index contributed by atoms with van der Waals surface area (Å²) in [5.41, 5.74) is 0. The Labute approximate surface area is 107 Å². The third-order valence-corrected chi connectivity index (χ3v) is 1.48. The summed E-state index contributed by atoms with van der Waals surface area (Å²) in [5.74, 6) is -0.266. The maximum Gasteiger partial charge on any atom is 1.00 e. The van der Waals surface area contributed by atoms with Crippen LogP contribution in [0, 0.1) is 0 Å². The second kappa shape index (κ2) is 5.46. The van der Waals surface area contributed by atoms with Crippen LogP contribution in [0.1, 0.15) is 8.35 Å². The summed E-state index contributed by atoms with van der Waals surface area (Å²) in [5, 5.41) is 2.51. The second-order valence-corrected chi connectivity index (χ2v) is 2.44. The summed E-state index contributed by atoms with van der Waals surface area (Å²) in [6.07, 6.45) is 0. The van der Waals surface area contributed by atoms with Crippen LogP contribution in [0.2, 0.25) is 0 Å². The number of rotatable bonds is 1. The average molecular weight is 182 g/mol. The van der Waals surface area contributed by atoms with Crippen LogP contribution in [0.4, 0.5) is 0 Å². The van der Waals surface area contributed by atoms with E-state index in [4.69, 9.17) is 4.74 Å². The van der Waals surface area contributed by atoms with Gasteiger partial charge < -0.3 is 6.16 Å². The molecule has 2 nitrogen and oxygen atoms in total. The van der Waals surface area contributed by atoms with Gasteiger partial charge in [-0.05, 0) is 17.5 Å². The van der Waals surface area contributed by atoms with Crippen molar-refractivity contribution in [3.63, 3.8) is 0 Å². The van der Waals surface area contributed by atoms with Gasteiger partial charge in [-0.25, -0.2) is 0 Å². The van der Waals surface area contributed by atoms with Crippen molar-refractivity contribution in [2.75, 3.05) is 0 Å². The molecule has 0 aliphatic rings. The summed E-state index contributed by atoms with van der Waals surface area (Å²) < 4.78 is 4.73. The second-order valence-electron chi connectivity index (χ2n) is 1.53. The number of ether oxygens (including phenoxy) is 1. The summed E-state index contributed by atoms with van der Waals surface area (Å²) in [4.78, 5) is 10.3. The number of hydrogen-bond acceptors (Lipinski definition) is 3. The van der Waals surface area contributed by atoms with E-state index in [1.54, 1.807) is 6.07 Å². The van der Waals surface area contributed by atoms with Crippen LogP contribution in [-0.4, -0.2) is 5.97 Å². The quantitative estimate of drug-likeness (QED) is 0.402. The first-order valence-corrected chi connectivity index (χ1v) is 3.39. The smallest absolute Gasteiger partial charge is 1.00 e. The Kier molecular flexibility index (Phi) is 5.90. The van der Waals surface area contributed by atoms with E-state index < -0.39 is 0 Å². The molecule has 1 rings (SSSR count). The third kappa shape index (κ3) is 3.85. The normalized spacial score (nSPS) is 8.10. The van der Waals surface area contributed by atoms with Gasteiger partial charge in [0.15, 0.2) is 5.06 Å². The molecular weight excluding hydrogens is 175 g/mol. The zero-order chi connectivity index (χ0) is 6.69. The van der Waals surface area contributed by atoms with Crippen molar-refractivity contribution in [1.29, 1.82) is 0 Å². The summed E-state index contributed by atoms with van der Waals surface area (Å²) in [7, 11) is 0. The van der Waals surface area contributed by atoms with Crippen LogP contribution < -0.4 is 56.1 Å².